The van der Waals surface area contributed by atoms with Crippen LogP contribution in [-0.4, -0.2) is 47.5 Å². The number of nitrogens with zero attached hydrogens (tertiary/aromatic N) is 2. The quantitative estimate of drug-likeness (QED) is 0.706. The van der Waals surface area contributed by atoms with E-state index in [9.17, 15) is 14.0 Å². The van der Waals surface area contributed by atoms with Gasteiger partial charge < -0.3 is 20.9 Å². The maximum atomic E-state index is 13.8. The normalized spacial score (nSPS) is 16.6. The minimum atomic E-state index is -0.588. The van der Waals surface area contributed by atoms with E-state index in [1.807, 2.05) is 13.8 Å². The number of hydrogen-bond acceptors (Lipinski definition) is 4. The number of nitrogens with one attached hydrogen (secondary N) is 3. The number of aromatic nitrogens is 1. The molecule has 1 aliphatic rings. The van der Waals surface area contributed by atoms with Crippen LogP contribution in [0.2, 0.25) is 5.02 Å². The van der Waals surface area contributed by atoms with Crippen molar-refractivity contribution in [3.63, 3.8) is 0 Å². The molecule has 2 aromatic rings. The topological polar surface area (TPSA) is 86.4 Å². The molecule has 154 valence electrons. The number of carbonyl (C=O) groups excluding carboxylic acids is 2. The van der Waals surface area contributed by atoms with Gasteiger partial charge in [0.15, 0.2) is 0 Å². The Morgan fingerprint density at radius 2 is 2.07 bits per heavy atom. The van der Waals surface area contributed by atoms with Gasteiger partial charge in [-0.1, -0.05) is 25.4 Å². The van der Waals surface area contributed by atoms with Crippen molar-refractivity contribution in [2.75, 3.05) is 30.3 Å². The second-order valence-electron chi connectivity index (χ2n) is 7.14. The van der Waals surface area contributed by atoms with Crippen LogP contribution < -0.4 is 16.0 Å². The minimum Gasteiger partial charge on any atom is -0.319 e. The predicted molar refractivity (Wildman–Crippen MR) is 111 cm³/mol. The zero-order valence-corrected chi connectivity index (χ0v) is 17.0. The molecule has 1 saturated heterocycles. The Balaban J connectivity index is 1.80. The molecule has 0 spiro atoms. The monoisotopic (exact) mass is 419 g/mol. The summed E-state index contributed by atoms with van der Waals surface area (Å²) in [5.74, 6) is -0.641. The third kappa shape index (κ3) is 5.21. The van der Waals surface area contributed by atoms with Crippen LogP contribution in [-0.2, 0) is 0 Å². The minimum absolute atomic E-state index is 0.00586. The summed E-state index contributed by atoms with van der Waals surface area (Å²) >= 11 is 5.79. The van der Waals surface area contributed by atoms with Crippen LogP contribution in [0.1, 0.15) is 24.2 Å². The summed E-state index contributed by atoms with van der Waals surface area (Å²) in [6, 6.07) is 6.48. The van der Waals surface area contributed by atoms with Crippen molar-refractivity contribution in [2.45, 2.75) is 19.9 Å². The van der Waals surface area contributed by atoms with Crippen molar-refractivity contribution in [2.24, 2.45) is 5.92 Å². The molecule has 1 atom stereocenters. The molecule has 9 heteroatoms. The fraction of sp³-hybridized carbons (Fsp3) is 0.350. The molecule has 1 aromatic carbocycles. The van der Waals surface area contributed by atoms with Gasteiger partial charge in [-0.15, -0.1) is 0 Å². The first kappa shape index (κ1) is 21.0. The molecular weight excluding hydrogens is 397 g/mol. The molecule has 0 aliphatic carbocycles. The van der Waals surface area contributed by atoms with Gasteiger partial charge in [-0.3, -0.25) is 4.79 Å². The zero-order chi connectivity index (χ0) is 21.0. The Labute approximate surface area is 173 Å². The number of hydrogen-bond donors (Lipinski definition) is 3. The zero-order valence-electron chi connectivity index (χ0n) is 16.2. The number of pyridine rings is 1. The molecule has 0 saturated carbocycles. The Kier molecular flexibility index (Phi) is 6.66. The lowest BCUT2D eigenvalue weighted by Crippen LogP contribution is -2.56. The summed E-state index contributed by atoms with van der Waals surface area (Å²) in [7, 11) is 0. The van der Waals surface area contributed by atoms with E-state index in [1.54, 1.807) is 11.0 Å². The van der Waals surface area contributed by atoms with Gasteiger partial charge in [0.05, 0.1) is 16.3 Å². The van der Waals surface area contributed by atoms with Gasteiger partial charge in [-0.05, 0) is 36.2 Å². The summed E-state index contributed by atoms with van der Waals surface area (Å²) in [5, 5.41) is 9.05. The van der Waals surface area contributed by atoms with E-state index in [-0.39, 0.29) is 35.1 Å². The van der Waals surface area contributed by atoms with E-state index in [2.05, 4.69) is 20.9 Å². The van der Waals surface area contributed by atoms with Gasteiger partial charge >= 0.3 is 6.03 Å². The number of anilines is 2. The van der Waals surface area contributed by atoms with E-state index in [4.69, 9.17) is 11.6 Å². The van der Waals surface area contributed by atoms with Crippen molar-refractivity contribution in [3.8, 4) is 0 Å². The first-order valence-electron chi connectivity index (χ1n) is 9.36. The second kappa shape index (κ2) is 9.19. The van der Waals surface area contributed by atoms with Crippen molar-refractivity contribution >= 4 is 35.0 Å². The lowest BCUT2D eigenvalue weighted by Gasteiger charge is -2.38. The molecule has 1 aliphatic heterocycles. The Hall–Kier alpha value is -2.71. The van der Waals surface area contributed by atoms with Gasteiger partial charge in [0, 0.05) is 31.9 Å². The third-order valence-electron chi connectivity index (χ3n) is 4.75. The van der Waals surface area contributed by atoms with E-state index < -0.39 is 11.7 Å². The molecule has 1 aromatic heterocycles. The first-order valence-corrected chi connectivity index (χ1v) is 9.73. The summed E-state index contributed by atoms with van der Waals surface area (Å²) < 4.78 is 13.8. The molecule has 0 bridgehead atoms. The number of urea groups is 1. The number of rotatable bonds is 4. The summed E-state index contributed by atoms with van der Waals surface area (Å²) in [4.78, 5) is 31.3. The largest absolute Gasteiger partial charge is 0.322 e. The van der Waals surface area contributed by atoms with Crippen LogP contribution in [0.15, 0.2) is 36.5 Å². The van der Waals surface area contributed by atoms with Crippen molar-refractivity contribution in [3.05, 3.63) is 52.9 Å². The molecule has 3 amide bonds. The van der Waals surface area contributed by atoms with Crippen LogP contribution in [0.3, 0.4) is 0 Å². The number of benzene rings is 1. The highest BCUT2D eigenvalue weighted by Gasteiger charge is 2.29. The molecule has 3 rings (SSSR count). The summed E-state index contributed by atoms with van der Waals surface area (Å²) in [6.45, 7) is 6.04. The summed E-state index contributed by atoms with van der Waals surface area (Å²) in [6.07, 6.45) is 1.39. The Morgan fingerprint density at radius 1 is 1.28 bits per heavy atom. The molecular formula is C20H23ClFN5O2. The molecule has 2 heterocycles. The fourth-order valence-electron chi connectivity index (χ4n) is 3.21. The molecule has 1 unspecified atom stereocenters. The third-order valence-corrected chi connectivity index (χ3v) is 4.97. The van der Waals surface area contributed by atoms with Crippen LogP contribution in [0.5, 0.6) is 0 Å². The van der Waals surface area contributed by atoms with E-state index in [0.717, 1.165) is 6.07 Å². The van der Waals surface area contributed by atoms with Gasteiger partial charge in [0.25, 0.3) is 5.91 Å². The van der Waals surface area contributed by atoms with E-state index in [1.165, 1.54) is 24.4 Å². The molecule has 29 heavy (non-hydrogen) atoms. The fourth-order valence-corrected chi connectivity index (χ4v) is 3.32. The Bertz CT molecular complexity index is 891. The maximum Gasteiger partial charge on any atom is 0.322 e. The SMILES string of the molecule is CC(C)C1CNCCN1C(=O)Nc1ccc(F)cc1C(=O)Nc1ccc(Cl)cn1. The molecule has 7 nitrogen and oxygen atoms in total. The van der Waals surface area contributed by atoms with Crippen LogP contribution in [0.25, 0.3) is 0 Å². The number of piperazine rings is 1. The van der Waals surface area contributed by atoms with Crippen LogP contribution in [0, 0.1) is 11.7 Å². The highest BCUT2D eigenvalue weighted by molar-refractivity contribution is 6.30. The van der Waals surface area contributed by atoms with Gasteiger partial charge in [-0.25, -0.2) is 14.2 Å². The lowest BCUT2D eigenvalue weighted by molar-refractivity contribution is 0.102. The molecule has 1 fully saturated rings. The lowest BCUT2D eigenvalue weighted by atomic mass is 10.0. The molecule has 0 radical (unpaired) electrons. The highest BCUT2D eigenvalue weighted by Crippen LogP contribution is 2.21. The Morgan fingerprint density at radius 3 is 2.76 bits per heavy atom. The number of carbonyl (C=O) groups is 2. The predicted octanol–water partition coefficient (Wildman–Crippen LogP) is 3.59. The average molecular weight is 420 g/mol. The maximum absolute atomic E-state index is 13.8. The smallest absolute Gasteiger partial charge is 0.319 e. The van der Waals surface area contributed by atoms with Gasteiger partial charge in [-0.2, -0.15) is 0 Å². The van der Waals surface area contributed by atoms with Crippen LogP contribution >= 0.6 is 11.6 Å². The standard InChI is InChI=1S/C20H23ClFN5O2/c1-12(2)17-11-23-7-8-27(17)20(29)25-16-5-4-14(22)9-15(16)19(28)26-18-6-3-13(21)10-24-18/h3-6,9-10,12,17,23H,7-8,11H2,1-2H3,(H,25,29)(H,24,26,28). The van der Waals surface area contributed by atoms with Crippen molar-refractivity contribution in [1.82, 2.24) is 15.2 Å². The molecule has 3 N–H and O–H groups in total. The van der Waals surface area contributed by atoms with Gasteiger partial charge in [0.1, 0.15) is 11.6 Å². The second-order valence-corrected chi connectivity index (χ2v) is 7.58. The van der Waals surface area contributed by atoms with Crippen molar-refractivity contribution < 1.29 is 14.0 Å². The average Bonchev–Trinajstić information content (AvgIpc) is 2.70. The van der Waals surface area contributed by atoms with E-state index >= 15 is 0 Å². The van der Waals surface area contributed by atoms with Crippen molar-refractivity contribution in [1.29, 1.82) is 0 Å². The summed E-state index contributed by atoms with van der Waals surface area (Å²) in [5.41, 5.74) is 0.232. The van der Waals surface area contributed by atoms with Crippen LogP contribution in [0.4, 0.5) is 20.7 Å². The highest BCUT2D eigenvalue weighted by atomic mass is 35.5. The first-order chi connectivity index (χ1) is 13.8. The number of halogens is 2. The van der Waals surface area contributed by atoms with E-state index in [0.29, 0.717) is 24.7 Å². The number of amides is 3. The van der Waals surface area contributed by atoms with Gasteiger partial charge in [0.2, 0.25) is 0 Å².